The van der Waals surface area contributed by atoms with Crippen molar-refractivity contribution in [2.24, 2.45) is 11.8 Å². The zero-order valence-electron chi connectivity index (χ0n) is 9.71. The third-order valence-corrected chi connectivity index (χ3v) is 4.09. The highest BCUT2D eigenvalue weighted by Crippen LogP contribution is 2.37. The van der Waals surface area contributed by atoms with E-state index in [9.17, 15) is 0 Å². The normalized spacial score (nSPS) is 34.3. The van der Waals surface area contributed by atoms with Crippen molar-refractivity contribution in [1.82, 2.24) is 10.2 Å². The molecule has 0 spiro atoms. The van der Waals surface area contributed by atoms with Crippen LogP contribution in [0.4, 0.5) is 0 Å². The van der Waals surface area contributed by atoms with Crippen molar-refractivity contribution in [3.05, 3.63) is 0 Å². The fourth-order valence-corrected chi connectivity index (χ4v) is 3.22. The standard InChI is InChI=1S/C13H22N2/c1-3-8-15(4-2)10-13-12-7-5-6-11(12)9-14-13/h1,11-14H,4-10H2,2H3. The Labute approximate surface area is 93.4 Å². The predicted octanol–water partition coefficient (Wildman–Crippen LogP) is 1.33. The molecular weight excluding hydrogens is 184 g/mol. The van der Waals surface area contributed by atoms with Gasteiger partial charge in [-0.05, 0) is 37.8 Å². The molecule has 0 amide bonds. The lowest BCUT2D eigenvalue weighted by molar-refractivity contribution is 0.258. The van der Waals surface area contributed by atoms with Crippen molar-refractivity contribution in [3.8, 4) is 12.3 Å². The lowest BCUT2D eigenvalue weighted by Gasteiger charge is -2.25. The molecule has 0 aromatic carbocycles. The maximum Gasteiger partial charge on any atom is 0.0599 e. The molecule has 0 aromatic heterocycles. The summed E-state index contributed by atoms with van der Waals surface area (Å²) in [5, 5.41) is 3.67. The molecule has 3 unspecified atom stereocenters. The number of hydrogen-bond acceptors (Lipinski definition) is 2. The molecule has 2 rings (SSSR count). The summed E-state index contributed by atoms with van der Waals surface area (Å²) in [6.45, 7) is 6.44. The second kappa shape index (κ2) is 5.01. The van der Waals surface area contributed by atoms with Gasteiger partial charge in [0.2, 0.25) is 0 Å². The monoisotopic (exact) mass is 206 g/mol. The highest BCUT2D eigenvalue weighted by molar-refractivity contribution is 4.97. The second-order valence-electron chi connectivity index (χ2n) is 4.90. The molecule has 2 nitrogen and oxygen atoms in total. The van der Waals surface area contributed by atoms with Gasteiger partial charge in [0.1, 0.15) is 0 Å². The lowest BCUT2D eigenvalue weighted by atomic mass is 9.94. The predicted molar refractivity (Wildman–Crippen MR) is 63.6 cm³/mol. The van der Waals surface area contributed by atoms with Crippen LogP contribution in [0.25, 0.3) is 0 Å². The molecule has 0 aromatic rings. The van der Waals surface area contributed by atoms with Gasteiger partial charge in [-0.3, -0.25) is 4.90 Å². The first-order valence-electron chi connectivity index (χ1n) is 6.24. The quantitative estimate of drug-likeness (QED) is 0.698. The number of likely N-dealkylation sites (N-methyl/N-ethyl adjacent to an activating group) is 1. The molecule has 1 saturated carbocycles. The Morgan fingerprint density at radius 2 is 2.33 bits per heavy atom. The molecule has 2 fully saturated rings. The van der Waals surface area contributed by atoms with E-state index in [4.69, 9.17) is 6.42 Å². The van der Waals surface area contributed by atoms with E-state index >= 15 is 0 Å². The lowest BCUT2D eigenvalue weighted by Crippen LogP contribution is -2.40. The number of hydrogen-bond donors (Lipinski definition) is 1. The number of rotatable bonds is 4. The van der Waals surface area contributed by atoms with Gasteiger partial charge in [0.15, 0.2) is 0 Å². The van der Waals surface area contributed by atoms with Gasteiger partial charge in [-0.15, -0.1) is 6.42 Å². The maximum absolute atomic E-state index is 5.37. The second-order valence-corrected chi connectivity index (χ2v) is 4.90. The van der Waals surface area contributed by atoms with E-state index in [-0.39, 0.29) is 0 Å². The van der Waals surface area contributed by atoms with Crippen molar-refractivity contribution in [2.75, 3.05) is 26.2 Å². The Bertz CT molecular complexity index is 243. The van der Waals surface area contributed by atoms with Crippen molar-refractivity contribution in [3.63, 3.8) is 0 Å². The number of nitrogens with one attached hydrogen (secondary N) is 1. The average Bonchev–Trinajstić information content (AvgIpc) is 2.81. The SMILES string of the molecule is C#CCN(CC)CC1NCC2CCCC21. The molecule has 1 aliphatic heterocycles. The Balaban J connectivity index is 1.86. The minimum Gasteiger partial charge on any atom is -0.312 e. The van der Waals surface area contributed by atoms with E-state index in [0.29, 0.717) is 6.04 Å². The van der Waals surface area contributed by atoms with E-state index in [0.717, 1.165) is 31.5 Å². The third-order valence-electron chi connectivity index (χ3n) is 4.09. The minimum atomic E-state index is 0.700. The maximum atomic E-state index is 5.37. The molecule has 1 saturated heterocycles. The highest BCUT2D eigenvalue weighted by Gasteiger charge is 2.38. The molecule has 1 heterocycles. The first-order valence-corrected chi connectivity index (χ1v) is 6.24. The van der Waals surface area contributed by atoms with Gasteiger partial charge < -0.3 is 5.32 Å². The molecular formula is C13H22N2. The van der Waals surface area contributed by atoms with Crippen LogP contribution in [0, 0.1) is 24.2 Å². The highest BCUT2D eigenvalue weighted by atomic mass is 15.2. The van der Waals surface area contributed by atoms with Gasteiger partial charge in [-0.2, -0.15) is 0 Å². The molecule has 1 N–H and O–H groups in total. The van der Waals surface area contributed by atoms with Crippen LogP contribution in [0.5, 0.6) is 0 Å². The molecule has 0 bridgehead atoms. The third kappa shape index (κ3) is 2.35. The minimum absolute atomic E-state index is 0.700. The van der Waals surface area contributed by atoms with Crippen LogP contribution >= 0.6 is 0 Å². The largest absolute Gasteiger partial charge is 0.312 e. The number of nitrogens with zero attached hydrogens (tertiary/aromatic N) is 1. The van der Waals surface area contributed by atoms with Crippen LogP contribution in [-0.4, -0.2) is 37.1 Å². The zero-order valence-corrected chi connectivity index (χ0v) is 9.71. The summed E-state index contributed by atoms with van der Waals surface area (Å²) in [5.41, 5.74) is 0. The summed E-state index contributed by atoms with van der Waals surface area (Å²) >= 11 is 0. The molecule has 15 heavy (non-hydrogen) atoms. The van der Waals surface area contributed by atoms with E-state index in [2.05, 4.69) is 23.1 Å². The number of terminal acetylenes is 1. The summed E-state index contributed by atoms with van der Waals surface area (Å²) in [4.78, 5) is 2.37. The Kier molecular flexibility index (Phi) is 3.66. The first kappa shape index (κ1) is 11.0. The van der Waals surface area contributed by atoms with E-state index in [1.54, 1.807) is 0 Å². The van der Waals surface area contributed by atoms with Gasteiger partial charge in [0.05, 0.1) is 6.54 Å². The van der Waals surface area contributed by atoms with E-state index in [1.807, 2.05) is 0 Å². The summed E-state index contributed by atoms with van der Waals surface area (Å²) in [6.07, 6.45) is 9.68. The van der Waals surface area contributed by atoms with Crippen LogP contribution in [0.2, 0.25) is 0 Å². The van der Waals surface area contributed by atoms with E-state index < -0.39 is 0 Å². The fraction of sp³-hybridized carbons (Fsp3) is 0.846. The van der Waals surface area contributed by atoms with Gasteiger partial charge in [0.25, 0.3) is 0 Å². The van der Waals surface area contributed by atoms with Crippen LogP contribution in [0.3, 0.4) is 0 Å². The smallest absolute Gasteiger partial charge is 0.0599 e. The topological polar surface area (TPSA) is 15.3 Å². The van der Waals surface area contributed by atoms with Crippen molar-refractivity contribution >= 4 is 0 Å². The van der Waals surface area contributed by atoms with Gasteiger partial charge in [0, 0.05) is 12.6 Å². The van der Waals surface area contributed by atoms with Gasteiger partial charge in [-0.1, -0.05) is 19.3 Å². The van der Waals surface area contributed by atoms with Crippen LogP contribution in [0.1, 0.15) is 26.2 Å². The fourth-order valence-electron chi connectivity index (χ4n) is 3.22. The Morgan fingerprint density at radius 1 is 1.47 bits per heavy atom. The average molecular weight is 206 g/mol. The van der Waals surface area contributed by atoms with Crippen molar-refractivity contribution in [1.29, 1.82) is 0 Å². The summed E-state index contributed by atoms with van der Waals surface area (Å²) in [6, 6.07) is 0.700. The van der Waals surface area contributed by atoms with Crippen LogP contribution < -0.4 is 5.32 Å². The van der Waals surface area contributed by atoms with Gasteiger partial charge >= 0.3 is 0 Å². The Hall–Kier alpha value is -0.520. The number of fused-ring (bicyclic) bond motifs is 1. The Morgan fingerprint density at radius 3 is 3.07 bits per heavy atom. The summed E-state index contributed by atoms with van der Waals surface area (Å²) in [5.74, 6) is 4.64. The van der Waals surface area contributed by atoms with Crippen molar-refractivity contribution < 1.29 is 0 Å². The van der Waals surface area contributed by atoms with Gasteiger partial charge in [-0.25, -0.2) is 0 Å². The van der Waals surface area contributed by atoms with Crippen LogP contribution in [0.15, 0.2) is 0 Å². The van der Waals surface area contributed by atoms with E-state index in [1.165, 1.54) is 25.8 Å². The molecule has 2 aliphatic rings. The van der Waals surface area contributed by atoms with Crippen molar-refractivity contribution in [2.45, 2.75) is 32.2 Å². The molecule has 84 valence electrons. The molecule has 0 radical (unpaired) electrons. The summed E-state index contributed by atoms with van der Waals surface area (Å²) in [7, 11) is 0. The molecule has 2 heteroatoms. The molecule has 1 aliphatic carbocycles. The first-order chi connectivity index (χ1) is 7.35. The summed E-state index contributed by atoms with van der Waals surface area (Å²) < 4.78 is 0. The van der Waals surface area contributed by atoms with Crippen LogP contribution in [-0.2, 0) is 0 Å². The molecule has 3 atom stereocenters. The zero-order chi connectivity index (χ0) is 10.7.